The fraction of sp³-hybridized carbons (Fsp3) is 0.529. The summed E-state index contributed by atoms with van der Waals surface area (Å²) in [5.74, 6) is -2.45. The first-order valence-corrected chi connectivity index (χ1v) is 10.4. The van der Waals surface area contributed by atoms with Crippen molar-refractivity contribution in [3.63, 3.8) is 0 Å². The number of hydrogen-bond acceptors (Lipinski definition) is 8. The largest absolute Gasteiger partial charge is 0.477 e. The minimum Gasteiger partial charge on any atom is -0.477 e. The van der Waals surface area contributed by atoms with Gasteiger partial charge in [0.15, 0.2) is 0 Å². The van der Waals surface area contributed by atoms with Crippen molar-refractivity contribution in [2.45, 2.75) is 25.3 Å². The molecule has 11 heteroatoms. The summed E-state index contributed by atoms with van der Waals surface area (Å²) >= 11 is 2.68. The molecular formula is C17H22N3O6S2+. The summed E-state index contributed by atoms with van der Waals surface area (Å²) in [7, 11) is 0. The highest BCUT2D eigenvalue weighted by atomic mass is 32.2. The molecule has 2 aliphatic heterocycles. The van der Waals surface area contributed by atoms with Crippen molar-refractivity contribution >= 4 is 41.4 Å². The van der Waals surface area contributed by atoms with Gasteiger partial charge in [0.25, 0.3) is 6.07 Å². The molecule has 152 valence electrons. The van der Waals surface area contributed by atoms with Gasteiger partial charge in [-0.15, -0.1) is 28.8 Å². The molecule has 4 N–H and O–H groups in total. The highest BCUT2D eigenvalue weighted by Gasteiger charge is 2.56. The number of aliphatic carboxylic acids is 1. The van der Waals surface area contributed by atoms with Gasteiger partial charge in [-0.1, -0.05) is 6.58 Å². The van der Waals surface area contributed by atoms with E-state index in [1.807, 2.05) is 0 Å². The number of rotatable bonds is 9. The number of hydrogen-bond donors (Lipinski definition) is 4. The summed E-state index contributed by atoms with van der Waals surface area (Å²) in [5, 5.41) is 25.8. The Hall–Kier alpha value is -2.00. The molecule has 28 heavy (non-hydrogen) atoms. The van der Waals surface area contributed by atoms with Crippen molar-refractivity contribution in [1.29, 1.82) is 0 Å². The van der Waals surface area contributed by atoms with Crippen molar-refractivity contribution in [2.24, 2.45) is 11.8 Å². The minimum atomic E-state index is -1.26. The number of esters is 1. The Morgan fingerprint density at radius 1 is 1.57 bits per heavy atom. The van der Waals surface area contributed by atoms with Crippen LogP contribution in [0.25, 0.3) is 0 Å². The highest BCUT2D eigenvalue weighted by Crippen LogP contribution is 2.45. The van der Waals surface area contributed by atoms with Crippen LogP contribution in [0.1, 0.15) is 13.8 Å². The molecule has 0 aromatic carbocycles. The summed E-state index contributed by atoms with van der Waals surface area (Å²) in [6.07, 6.45) is 0. The molecule has 2 aliphatic rings. The lowest BCUT2D eigenvalue weighted by atomic mass is 9.89. The molecule has 2 heterocycles. The Kier molecular flexibility index (Phi) is 7.54. The van der Waals surface area contributed by atoms with Gasteiger partial charge >= 0.3 is 11.9 Å². The normalized spacial score (nSPS) is 23.2. The Bertz CT molecular complexity index is 762. The Balaban J connectivity index is 2.13. The van der Waals surface area contributed by atoms with Crippen LogP contribution in [-0.4, -0.2) is 62.6 Å². The van der Waals surface area contributed by atoms with Gasteiger partial charge in [0.2, 0.25) is 5.91 Å². The van der Waals surface area contributed by atoms with Crippen molar-refractivity contribution in [2.75, 3.05) is 18.1 Å². The number of fused-ring (bicyclic) bond motifs is 1. The summed E-state index contributed by atoms with van der Waals surface area (Å²) < 4.78 is 4.90. The summed E-state index contributed by atoms with van der Waals surface area (Å²) in [5.41, 5.74) is 2.36. The standard InChI is InChI=1S/C17H21N3O6S2/c1-8(4-18)9(2)27-7-12(19-25)13-15(22)20-14(17(23)24)11(5-26-10(3)21)6-28-16(13)20/h8,12-13,16,19,25H,2,5-7H2,1,3H3,(H,23,24)/p+1. The second kappa shape index (κ2) is 9.47. The maximum atomic E-state index is 12.7. The van der Waals surface area contributed by atoms with Crippen molar-refractivity contribution in [3.05, 3.63) is 22.8 Å². The molecule has 0 radical (unpaired) electrons. The van der Waals surface area contributed by atoms with Gasteiger partial charge in [-0.3, -0.25) is 14.5 Å². The first kappa shape index (κ1) is 22.3. The molecule has 0 aromatic heterocycles. The van der Waals surface area contributed by atoms with Crippen LogP contribution in [0.15, 0.2) is 22.8 Å². The number of thioether (sulfide) groups is 2. The van der Waals surface area contributed by atoms with Crippen LogP contribution in [-0.2, 0) is 19.1 Å². The average molecular weight is 429 g/mol. The number of amides is 1. The fourth-order valence-corrected chi connectivity index (χ4v) is 5.32. The molecule has 1 fully saturated rings. The second-order valence-electron chi connectivity index (χ2n) is 6.35. The van der Waals surface area contributed by atoms with E-state index in [4.69, 9.17) is 10.00 Å². The molecule has 4 unspecified atom stereocenters. The SMILES string of the molecule is C=C(SCC(NO)C1C(=O)N2C(C(=O)O)=C(COC(C)=O)CSC12)C(C)C#[NH+]. The maximum Gasteiger partial charge on any atom is 0.352 e. The van der Waals surface area contributed by atoms with Gasteiger partial charge in [0.1, 0.15) is 18.2 Å². The third kappa shape index (κ3) is 4.52. The molecule has 0 aliphatic carbocycles. The van der Waals surface area contributed by atoms with E-state index >= 15 is 0 Å². The highest BCUT2D eigenvalue weighted by molar-refractivity contribution is 8.03. The van der Waals surface area contributed by atoms with Crippen LogP contribution in [0.5, 0.6) is 0 Å². The number of β-lactam (4-membered cyclic amide) rings is 1. The van der Waals surface area contributed by atoms with E-state index in [1.165, 1.54) is 35.3 Å². The number of carbonyl (C=O) groups excluding carboxylic acids is 2. The zero-order valence-electron chi connectivity index (χ0n) is 15.4. The summed E-state index contributed by atoms with van der Waals surface area (Å²) in [6.45, 7) is 6.68. The Morgan fingerprint density at radius 2 is 2.25 bits per heavy atom. The fourth-order valence-electron chi connectivity index (χ4n) is 2.87. The number of carboxylic acid groups (broad SMARTS) is 1. The molecule has 0 spiro atoms. The topological polar surface area (TPSA) is 140 Å². The molecule has 0 aromatic rings. The van der Waals surface area contributed by atoms with Gasteiger partial charge in [-0.2, -0.15) is 0 Å². The molecule has 4 atom stereocenters. The predicted molar refractivity (Wildman–Crippen MR) is 102 cm³/mol. The number of carboxylic acids is 1. The molecular weight excluding hydrogens is 406 g/mol. The van der Waals surface area contributed by atoms with Gasteiger partial charge in [0.05, 0.1) is 17.3 Å². The van der Waals surface area contributed by atoms with Crippen LogP contribution in [0.2, 0.25) is 0 Å². The molecule has 2 rings (SSSR count). The van der Waals surface area contributed by atoms with Crippen molar-refractivity contribution in [1.82, 2.24) is 10.4 Å². The third-order valence-electron chi connectivity index (χ3n) is 4.49. The average Bonchev–Trinajstić information content (AvgIpc) is 2.67. The van der Waals surface area contributed by atoms with Gasteiger partial charge < -0.3 is 15.1 Å². The Morgan fingerprint density at radius 3 is 2.79 bits per heavy atom. The lowest BCUT2D eigenvalue weighted by Crippen LogP contribution is -2.67. The third-order valence-corrected chi connectivity index (χ3v) is 7.10. The number of nitrogens with zero attached hydrogens (tertiary/aromatic N) is 1. The van der Waals surface area contributed by atoms with Crippen LogP contribution in [0, 0.1) is 17.9 Å². The molecule has 0 bridgehead atoms. The van der Waals surface area contributed by atoms with Gasteiger partial charge in [-0.05, 0) is 11.8 Å². The number of nitrogens with one attached hydrogen (secondary N) is 2. The first-order valence-electron chi connectivity index (χ1n) is 8.39. The first-order chi connectivity index (χ1) is 13.2. The Labute approximate surface area is 170 Å². The van der Waals surface area contributed by atoms with E-state index in [0.29, 0.717) is 22.0 Å². The number of carbonyl (C=O) groups is 3. The van der Waals surface area contributed by atoms with Crippen molar-refractivity contribution in [3.8, 4) is 6.07 Å². The van der Waals surface area contributed by atoms with Gasteiger partial charge in [-0.25, -0.2) is 10.3 Å². The minimum absolute atomic E-state index is 0.160. The van der Waals surface area contributed by atoms with E-state index in [9.17, 15) is 24.7 Å². The molecule has 0 saturated carbocycles. The van der Waals surface area contributed by atoms with E-state index in [1.54, 1.807) is 6.92 Å². The number of hydroxylamine groups is 1. The van der Waals surface area contributed by atoms with Crippen LogP contribution >= 0.6 is 23.5 Å². The van der Waals surface area contributed by atoms with E-state index in [-0.39, 0.29) is 18.2 Å². The molecule has 9 nitrogen and oxygen atoms in total. The lowest BCUT2D eigenvalue weighted by molar-refractivity contribution is -0.155. The second-order valence-corrected chi connectivity index (χ2v) is 8.60. The smallest absolute Gasteiger partial charge is 0.352 e. The molecule has 1 saturated heterocycles. The number of allylic oxidation sites excluding steroid dienone is 1. The quantitative estimate of drug-likeness (QED) is 0.216. The summed E-state index contributed by atoms with van der Waals surface area (Å²) in [6, 6.07) is 1.72. The van der Waals surface area contributed by atoms with E-state index < -0.39 is 35.2 Å². The maximum absolute atomic E-state index is 12.7. The molecule has 1 amide bonds. The monoisotopic (exact) mass is 428 g/mol. The van der Waals surface area contributed by atoms with Crippen LogP contribution in [0.4, 0.5) is 0 Å². The lowest BCUT2D eigenvalue weighted by Gasteiger charge is -2.51. The number of ether oxygens (including phenoxy) is 1. The van der Waals surface area contributed by atoms with Crippen molar-refractivity contribution < 1.29 is 34.7 Å². The predicted octanol–water partition coefficient (Wildman–Crippen LogP) is -0.577. The summed E-state index contributed by atoms with van der Waals surface area (Å²) in [4.78, 5) is 37.3. The van der Waals surface area contributed by atoms with Gasteiger partial charge in [0, 0.05) is 24.0 Å². The van der Waals surface area contributed by atoms with E-state index in [0.717, 1.165) is 0 Å². The van der Waals surface area contributed by atoms with Crippen LogP contribution < -0.4 is 10.7 Å². The zero-order chi connectivity index (χ0) is 21.0. The van der Waals surface area contributed by atoms with Crippen LogP contribution in [0.3, 0.4) is 0 Å². The zero-order valence-corrected chi connectivity index (χ0v) is 17.1. The van der Waals surface area contributed by atoms with E-state index in [2.05, 4.69) is 18.1 Å².